The Bertz CT molecular complexity index is 1280. The molecule has 0 aliphatic carbocycles. The maximum Gasteiger partial charge on any atom is 0.337 e. The first-order chi connectivity index (χ1) is 13.5. The second-order valence-corrected chi connectivity index (χ2v) is 6.12. The molecule has 0 atom stereocenters. The highest BCUT2D eigenvalue weighted by Crippen LogP contribution is 2.49. The van der Waals surface area contributed by atoms with E-state index in [0.717, 1.165) is 0 Å². The second-order valence-electron chi connectivity index (χ2n) is 6.12. The average molecular weight is 374 g/mol. The van der Waals surface area contributed by atoms with Crippen molar-refractivity contribution in [3.05, 3.63) is 66.2 Å². The Balaban J connectivity index is 2.07. The molecule has 7 heteroatoms. The highest BCUT2D eigenvalue weighted by atomic mass is 16.4. The minimum absolute atomic E-state index is 0.0225. The number of phenols is 3. The van der Waals surface area contributed by atoms with E-state index in [9.17, 15) is 25.2 Å². The van der Waals surface area contributed by atoms with Crippen molar-refractivity contribution in [3.63, 3.8) is 0 Å². The summed E-state index contributed by atoms with van der Waals surface area (Å²) in [5.74, 6) is -1.76. The molecule has 0 aliphatic rings. The smallest absolute Gasteiger partial charge is 0.337 e. The van der Waals surface area contributed by atoms with E-state index in [1.54, 1.807) is 36.4 Å². The molecule has 0 unspecified atom stereocenters. The molecule has 4 aromatic rings. The van der Waals surface area contributed by atoms with Gasteiger partial charge in [0.05, 0.1) is 16.3 Å². The maximum atomic E-state index is 11.4. The number of carbonyl (C=O) groups is 1. The third-order valence-electron chi connectivity index (χ3n) is 4.46. The number of carboxylic acid groups (broad SMARTS) is 1. The van der Waals surface area contributed by atoms with Crippen molar-refractivity contribution in [2.75, 3.05) is 0 Å². The molecule has 4 aromatic carbocycles. The fraction of sp³-hybridized carbons (Fsp3) is 0. The first-order valence-corrected chi connectivity index (χ1v) is 8.31. The van der Waals surface area contributed by atoms with Crippen LogP contribution in [0.15, 0.2) is 70.9 Å². The molecule has 0 saturated heterocycles. The minimum atomic E-state index is -1.14. The minimum Gasteiger partial charge on any atom is -0.507 e. The van der Waals surface area contributed by atoms with Gasteiger partial charge in [-0.15, -0.1) is 10.2 Å². The molecule has 0 radical (unpaired) electrons. The lowest BCUT2D eigenvalue weighted by molar-refractivity contribution is 0.0697. The molecule has 0 saturated carbocycles. The summed E-state index contributed by atoms with van der Waals surface area (Å²) in [7, 11) is 0. The standard InChI is InChI=1S/C21H14N2O5/c24-15-9-10-16(25)18-17(15)19(11-5-1-2-6-12(11)20(18)26)23-22-14-8-4-3-7-13(14)21(27)28/h1-10,24-26H,(H,27,28). The van der Waals surface area contributed by atoms with E-state index in [1.807, 2.05) is 0 Å². The van der Waals surface area contributed by atoms with Crippen LogP contribution in [0.3, 0.4) is 0 Å². The van der Waals surface area contributed by atoms with E-state index in [1.165, 1.54) is 24.3 Å². The number of aromatic hydroxyl groups is 3. The van der Waals surface area contributed by atoms with Crippen LogP contribution < -0.4 is 0 Å². The summed E-state index contributed by atoms with van der Waals surface area (Å²) in [5.41, 5.74) is 0.322. The highest BCUT2D eigenvalue weighted by Gasteiger charge is 2.19. The zero-order valence-corrected chi connectivity index (χ0v) is 14.4. The van der Waals surface area contributed by atoms with Gasteiger partial charge < -0.3 is 20.4 Å². The number of nitrogens with zero attached hydrogens (tertiary/aromatic N) is 2. The Morgan fingerprint density at radius 3 is 2.04 bits per heavy atom. The summed E-state index contributed by atoms with van der Waals surface area (Å²) < 4.78 is 0. The molecule has 0 bridgehead atoms. The van der Waals surface area contributed by atoms with E-state index < -0.39 is 5.97 Å². The van der Waals surface area contributed by atoms with Crippen LogP contribution in [0, 0.1) is 0 Å². The zero-order valence-electron chi connectivity index (χ0n) is 14.4. The lowest BCUT2D eigenvalue weighted by Crippen LogP contribution is -1.95. The predicted molar refractivity (Wildman–Crippen MR) is 104 cm³/mol. The molecule has 0 heterocycles. The van der Waals surface area contributed by atoms with Gasteiger partial charge in [-0.3, -0.25) is 0 Å². The van der Waals surface area contributed by atoms with Gasteiger partial charge in [-0.1, -0.05) is 36.4 Å². The summed E-state index contributed by atoms with van der Waals surface area (Å²) in [6.07, 6.45) is 0. The Labute approximate surface area is 158 Å². The van der Waals surface area contributed by atoms with Crippen molar-refractivity contribution in [1.29, 1.82) is 0 Å². The first-order valence-electron chi connectivity index (χ1n) is 8.31. The SMILES string of the molecule is O=C(O)c1ccccc1N=Nc1c2ccccc2c(O)c2c(O)ccc(O)c12. The Morgan fingerprint density at radius 1 is 0.714 bits per heavy atom. The third kappa shape index (κ3) is 2.66. The fourth-order valence-corrected chi connectivity index (χ4v) is 3.17. The van der Waals surface area contributed by atoms with Crippen molar-refractivity contribution < 1.29 is 25.2 Å². The lowest BCUT2D eigenvalue weighted by atomic mass is 9.98. The van der Waals surface area contributed by atoms with E-state index in [4.69, 9.17) is 0 Å². The van der Waals surface area contributed by atoms with Crippen LogP contribution in [0.5, 0.6) is 17.2 Å². The fourth-order valence-electron chi connectivity index (χ4n) is 3.17. The largest absolute Gasteiger partial charge is 0.507 e. The van der Waals surface area contributed by atoms with Crippen LogP contribution in [-0.4, -0.2) is 26.4 Å². The molecule has 28 heavy (non-hydrogen) atoms. The number of azo groups is 1. The summed E-state index contributed by atoms with van der Waals surface area (Å²) in [6.45, 7) is 0. The van der Waals surface area contributed by atoms with E-state index in [0.29, 0.717) is 10.8 Å². The van der Waals surface area contributed by atoms with E-state index in [2.05, 4.69) is 10.2 Å². The van der Waals surface area contributed by atoms with Crippen LogP contribution >= 0.6 is 0 Å². The number of rotatable bonds is 3. The molecular weight excluding hydrogens is 360 g/mol. The highest BCUT2D eigenvalue weighted by molar-refractivity contribution is 6.18. The van der Waals surface area contributed by atoms with Gasteiger partial charge in [-0.25, -0.2) is 4.79 Å². The molecular formula is C21H14N2O5. The maximum absolute atomic E-state index is 11.4. The van der Waals surface area contributed by atoms with Gasteiger partial charge in [0.2, 0.25) is 0 Å². The van der Waals surface area contributed by atoms with Gasteiger partial charge in [-0.05, 0) is 24.3 Å². The van der Waals surface area contributed by atoms with Crippen LogP contribution in [0.25, 0.3) is 21.5 Å². The van der Waals surface area contributed by atoms with Gasteiger partial charge >= 0.3 is 5.97 Å². The number of hydrogen-bond donors (Lipinski definition) is 4. The van der Waals surface area contributed by atoms with Crippen LogP contribution in [0.2, 0.25) is 0 Å². The number of carboxylic acids is 1. The summed E-state index contributed by atoms with van der Waals surface area (Å²) in [5, 5.41) is 49.9. The van der Waals surface area contributed by atoms with Gasteiger partial charge in [0.15, 0.2) is 0 Å². The second kappa shape index (κ2) is 6.55. The summed E-state index contributed by atoms with van der Waals surface area (Å²) >= 11 is 0. The summed E-state index contributed by atoms with van der Waals surface area (Å²) in [6, 6.07) is 15.5. The van der Waals surface area contributed by atoms with Crippen molar-refractivity contribution >= 4 is 38.9 Å². The Morgan fingerprint density at radius 2 is 1.32 bits per heavy atom. The van der Waals surface area contributed by atoms with Crippen molar-refractivity contribution in [1.82, 2.24) is 0 Å². The Kier molecular flexibility index (Phi) is 4.04. The van der Waals surface area contributed by atoms with Gasteiger partial charge in [0.1, 0.15) is 28.6 Å². The lowest BCUT2D eigenvalue weighted by Gasteiger charge is -2.12. The van der Waals surface area contributed by atoms with Crippen LogP contribution in [-0.2, 0) is 0 Å². The molecule has 7 nitrogen and oxygen atoms in total. The molecule has 0 aromatic heterocycles. The number of phenolic OH excluding ortho intramolecular Hbond substituents is 3. The van der Waals surface area contributed by atoms with Gasteiger partial charge in [0, 0.05) is 10.8 Å². The molecule has 4 N–H and O–H groups in total. The molecule has 0 aliphatic heterocycles. The number of benzene rings is 4. The third-order valence-corrected chi connectivity index (χ3v) is 4.46. The van der Waals surface area contributed by atoms with E-state index >= 15 is 0 Å². The molecule has 0 amide bonds. The molecule has 0 fully saturated rings. The quantitative estimate of drug-likeness (QED) is 0.222. The number of hydrogen-bond acceptors (Lipinski definition) is 6. The monoisotopic (exact) mass is 374 g/mol. The normalized spacial score (nSPS) is 11.4. The average Bonchev–Trinajstić information content (AvgIpc) is 2.70. The van der Waals surface area contributed by atoms with E-state index in [-0.39, 0.29) is 45.0 Å². The number of fused-ring (bicyclic) bond motifs is 2. The molecule has 138 valence electrons. The van der Waals surface area contributed by atoms with Gasteiger partial charge in [0.25, 0.3) is 0 Å². The Hall–Kier alpha value is -4.13. The van der Waals surface area contributed by atoms with Crippen LogP contribution in [0.1, 0.15) is 10.4 Å². The van der Waals surface area contributed by atoms with Crippen LogP contribution in [0.4, 0.5) is 11.4 Å². The van der Waals surface area contributed by atoms with Crippen molar-refractivity contribution in [2.24, 2.45) is 10.2 Å². The molecule has 4 rings (SSSR count). The summed E-state index contributed by atoms with van der Waals surface area (Å²) in [4.78, 5) is 11.4. The van der Waals surface area contributed by atoms with Crippen molar-refractivity contribution in [2.45, 2.75) is 0 Å². The van der Waals surface area contributed by atoms with Gasteiger partial charge in [-0.2, -0.15) is 0 Å². The molecule has 0 spiro atoms. The predicted octanol–water partition coefficient (Wildman–Crippen LogP) is 5.22. The number of aromatic carboxylic acids is 1. The van der Waals surface area contributed by atoms with Crippen molar-refractivity contribution in [3.8, 4) is 17.2 Å². The first kappa shape index (κ1) is 17.3. The topological polar surface area (TPSA) is 123 Å². The zero-order chi connectivity index (χ0) is 19.8.